The van der Waals surface area contributed by atoms with E-state index in [0.717, 1.165) is 35.3 Å². The largest absolute Gasteiger partial charge is 0.493 e. The van der Waals surface area contributed by atoms with Crippen LogP contribution in [-0.4, -0.2) is 19.2 Å². The van der Waals surface area contributed by atoms with Crippen molar-refractivity contribution in [3.63, 3.8) is 0 Å². The Hall–Kier alpha value is -1.51. The molecule has 1 aromatic carbocycles. The van der Waals surface area contributed by atoms with E-state index in [4.69, 9.17) is 9.47 Å². The smallest absolute Gasteiger partial charge is 0.313 e. The number of carbonyl (C=O) groups excluding carboxylic acids is 1. The van der Waals surface area contributed by atoms with Crippen molar-refractivity contribution in [1.29, 1.82) is 0 Å². The summed E-state index contributed by atoms with van der Waals surface area (Å²) in [5.41, 5.74) is 3.29. The van der Waals surface area contributed by atoms with Crippen molar-refractivity contribution in [3.05, 3.63) is 28.8 Å². The lowest BCUT2D eigenvalue weighted by atomic mass is 9.90. The molecule has 0 bridgehead atoms. The molecule has 0 aliphatic carbocycles. The molecule has 1 atom stereocenters. The van der Waals surface area contributed by atoms with Crippen LogP contribution in [0.1, 0.15) is 42.4 Å². The van der Waals surface area contributed by atoms with Gasteiger partial charge in [-0.3, -0.25) is 4.79 Å². The zero-order valence-electron chi connectivity index (χ0n) is 11.3. The second-order valence-electron chi connectivity index (χ2n) is 4.79. The Morgan fingerprint density at radius 1 is 1.44 bits per heavy atom. The highest BCUT2D eigenvalue weighted by molar-refractivity contribution is 5.80. The number of carbonyl (C=O) groups is 1. The molecule has 0 N–H and O–H groups in total. The van der Waals surface area contributed by atoms with Gasteiger partial charge in [0, 0.05) is 5.56 Å². The molecular formula is C15H20O3. The summed E-state index contributed by atoms with van der Waals surface area (Å²) >= 11 is 0. The van der Waals surface area contributed by atoms with Crippen molar-refractivity contribution in [2.45, 2.75) is 39.5 Å². The molecule has 0 fully saturated rings. The van der Waals surface area contributed by atoms with Crippen LogP contribution in [0.25, 0.3) is 0 Å². The van der Waals surface area contributed by atoms with Gasteiger partial charge in [-0.1, -0.05) is 6.07 Å². The van der Waals surface area contributed by atoms with E-state index in [9.17, 15) is 4.79 Å². The summed E-state index contributed by atoms with van der Waals surface area (Å²) in [6.07, 6.45) is 1.69. The number of fused-ring (bicyclic) bond motifs is 1. The average molecular weight is 248 g/mol. The second-order valence-corrected chi connectivity index (χ2v) is 4.79. The summed E-state index contributed by atoms with van der Waals surface area (Å²) in [5.74, 6) is 0.544. The third-order valence-electron chi connectivity index (χ3n) is 3.31. The van der Waals surface area contributed by atoms with Crippen LogP contribution in [0.3, 0.4) is 0 Å². The van der Waals surface area contributed by atoms with Crippen LogP contribution >= 0.6 is 0 Å². The zero-order valence-corrected chi connectivity index (χ0v) is 11.3. The van der Waals surface area contributed by atoms with Crippen LogP contribution in [0.15, 0.2) is 12.1 Å². The first-order valence-electron chi connectivity index (χ1n) is 6.54. The van der Waals surface area contributed by atoms with Gasteiger partial charge in [-0.15, -0.1) is 0 Å². The molecule has 1 heterocycles. The van der Waals surface area contributed by atoms with Crippen molar-refractivity contribution in [3.8, 4) is 5.75 Å². The normalized spacial score (nSPS) is 18.5. The molecule has 2 rings (SSSR count). The first kappa shape index (κ1) is 12.9. The number of ether oxygens (including phenoxy) is 2. The lowest BCUT2D eigenvalue weighted by molar-refractivity contribution is -0.145. The Labute approximate surface area is 108 Å². The van der Waals surface area contributed by atoms with E-state index in [-0.39, 0.29) is 11.9 Å². The van der Waals surface area contributed by atoms with Gasteiger partial charge in [-0.05, 0) is 50.8 Å². The van der Waals surface area contributed by atoms with E-state index < -0.39 is 0 Å². The summed E-state index contributed by atoms with van der Waals surface area (Å²) < 4.78 is 10.9. The van der Waals surface area contributed by atoms with Gasteiger partial charge in [-0.25, -0.2) is 0 Å². The second kappa shape index (κ2) is 5.42. The topological polar surface area (TPSA) is 35.5 Å². The molecule has 0 amide bonds. The molecule has 0 saturated carbocycles. The molecular weight excluding hydrogens is 228 g/mol. The van der Waals surface area contributed by atoms with Crippen molar-refractivity contribution < 1.29 is 14.3 Å². The fourth-order valence-electron chi connectivity index (χ4n) is 2.60. The van der Waals surface area contributed by atoms with E-state index in [0.29, 0.717) is 13.2 Å². The number of hydrogen-bond donors (Lipinski definition) is 0. The molecule has 0 saturated heterocycles. The van der Waals surface area contributed by atoms with Crippen molar-refractivity contribution in [2.24, 2.45) is 0 Å². The minimum atomic E-state index is -0.178. The number of aryl methyl sites for hydroxylation is 2. The van der Waals surface area contributed by atoms with E-state index >= 15 is 0 Å². The number of esters is 1. The summed E-state index contributed by atoms with van der Waals surface area (Å²) in [6.45, 7) is 7.02. The summed E-state index contributed by atoms with van der Waals surface area (Å²) in [6, 6.07) is 4.11. The first-order chi connectivity index (χ1) is 8.63. The van der Waals surface area contributed by atoms with E-state index in [1.807, 2.05) is 26.8 Å². The van der Waals surface area contributed by atoms with Crippen molar-refractivity contribution >= 4 is 5.97 Å². The van der Waals surface area contributed by atoms with Crippen LogP contribution in [0.4, 0.5) is 0 Å². The highest BCUT2D eigenvalue weighted by Gasteiger charge is 2.28. The van der Waals surface area contributed by atoms with Crippen LogP contribution in [0, 0.1) is 13.8 Å². The third kappa shape index (κ3) is 2.50. The van der Waals surface area contributed by atoms with Gasteiger partial charge in [0.1, 0.15) is 5.75 Å². The molecule has 1 unspecified atom stereocenters. The van der Waals surface area contributed by atoms with Gasteiger partial charge >= 0.3 is 5.97 Å². The Morgan fingerprint density at radius 3 is 2.94 bits per heavy atom. The monoisotopic (exact) mass is 248 g/mol. The van der Waals surface area contributed by atoms with Crippen molar-refractivity contribution in [1.82, 2.24) is 0 Å². The third-order valence-corrected chi connectivity index (χ3v) is 3.31. The standard InChI is InChI=1S/C15H20O3/c1-4-17-15(16)12-6-5-7-18-13-9-10(2)8-11(3)14(12)13/h8-9,12H,4-7H2,1-3H3. The molecule has 1 aliphatic rings. The van der Waals surface area contributed by atoms with Gasteiger partial charge in [-0.2, -0.15) is 0 Å². The van der Waals surface area contributed by atoms with Crippen molar-refractivity contribution in [2.75, 3.05) is 13.2 Å². The Morgan fingerprint density at radius 2 is 2.22 bits per heavy atom. The first-order valence-corrected chi connectivity index (χ1v) is 6.54. The number of benzene rings is 1. The molecule has 3 heteroatoms. The zero-order chi connectivity index (χ0) is 13.1. The summed E-state index contributed by atoms with van der Waals surface area (Å²) in [4.78, 5) is 12.1. The molecule has 0 spiro atoms. The van der Waals surface area contributed by atoms with Crippen LogP contribution < -0.4 is 4.74 Å². The molecule has 3 nitrogen and oxygen atoms in total. The molecule has 1 aliphatic heterocycles. The SMILES string of the molecule is CCOC(=O)C1CCCOc2cc(C)cc(C)c21. The van der Waals surface area contributed by atoms with E-state index in [1.165, 1.54) is 0 Å². The average Bonchev–Trinajstić information content (AvgIpc) is 2.51. The summed E-state index contributed by atoms with van der Waals surface area (Å²) in [7, 11) is 0. The predicted molar refractivity (Wildman–Crippen MR) is 70.0 cm³/mol. The molecule has 98 valence electrons. The Balaban J connectivity index is 2.43. The number of hydrogen-bond acceptors (Lipinski definition) is 3. The highest BCUT2D eigenvalue weighted by Crippen LogP contribution is 2.37. The maximum Gasteiger partial charge on any atom is 0.313 e. The molecule has 0 aromatic heterocycles. The Kier molecular flexibility index (Phi) is 3.90. The van der Waals surface area contributed by atoms with Gasteiger partial charge < -0.3 is 9.47 Å². The van der Waals surface area contributed by atoms with Crippen LogP contribution in [-0.2, 0) is 9.53 Å². The van der Waals surface area contributed by atoms with E-state index in [2.05, 4.69) is 6.07 Å². The quantitative estimate of drug-likeness (QED) is 0.754. The maximum atomic E-state index is 12.1. The van der Waals surface area contributed by atoms with Crippen LogP contribution in [0.2, 0.25) is 0 Å². The lowest BCUT2D eigenvalue weighted by Crippen LogP contribution is -2.16. The van der Waals surface area contributed by atoms with Gasteiger partial charge in [0.15, 0.2) is 0 Å². The summed E-state index contributed by atoms with van der Waals surface area (Å²) in [5, 5.41) is 0. The maximum absolute atomic E-state index is 12.1. The van der Waals surface area contributed by atoms with E-state index in [1.54, 1.807) is 0 Å². The highest BCUT2D eigenvalue weighted by atomic mass is 16.5. The molecule has 0 radical (unpaired) electrons. The number of rotatable bonds is 2. The minimum absolute atomic E-state index is 0.129. The molecule has 1 aromatic rings. The lowest BCUT2D eigenvalue weighted by Gasteiger charge is -2.18. The van der Waals surface area contributed by atoms with Gasteiger partial charge in [0.05, 0.1) is 19.1 Å². The predicted octanol–water partition coefficient (Wildman–Crippen LogP) is 3.12. The van der Waals surface area contributed by atoms with Gasteiger partial charge in [0.2, 0.25) is 0 Å². The minimum Gasteiger partial charge on any atom is -0.493 e. The Bertz CT molecular complexity index is 451. The van der Waals surface area contributed by atoms with Crippen LogP contribution in [0.5, 0.6) is 5.75 Å². The molecule has 18 heavy (non-hydrogen) atoms. The fraction of sp³-hybridized carbons (Fsp3) is 0.533. The fourth-order valence-corrected chi connectivity index (χ4v) is 2.60. The van der Waals surface area contributed by atoms with Gasteiger partial charge in [0.25, 0.3) is 0 Å².